The highest BCUT2D eigenvalue weighted by molar-refractivity contribution is 5.82. The highest BCUT2D eigenvalue weighted by Gasteiger charge is 2.16. The van der Waals surface area contributed by atoms with Crippen molar-refractivity contribution in [1.29, 1.82) is 0 Å². The normalized spacial score (nSPS) is 10.7. The zero-order chi connectivity index (χ0) is 14.1. The van der Waals surface area contributed by atoms with E-state index >= 15 is 0 Å². The molecule has 3 aromatic rings. The van der Waals surface area contributed by atoms with E-state index < -0.39 is 4.92 Å². The number of nitrogens with zero attached hydrogens (tertiary/aromatic N) is 3. The van der Waals surface area contributed by atoms with Crippen LogP contribution in [0.2, 0.25) is 0 Å². The number of fused-ring (bicyclic) bond motifs is 1. The van der Waals surface area contributed by atoms with Gasteiger partial charge in [0, 0.05) is 28.9 Å². The molecule has 0 aliphatic carbocycles. The lowest BCUT2D eigenvalue weighted by atomic mass is 10.1. The third kappa shape index (κ3) is 1.95. The van der Waals surface area contributed by atoms with Crippen LogP contribution in [0.3, 0.4) is 0 Å². The molecule has 0 fully saturated rings. The molecule has 0 radical (unpaired) electrons. The average Bonchev–Trinajstić information content (AvgIpc) is 2.90. The van der Waals surface area contributed by atoms with Gasteiger partial charge < -0.3 is 9.72 Å². The van der Waals surface area contributed by atoms with Crippen molar-refractivity contribution in [1.82, 2.24) is 15.0 Å². The van der Waals surface area contributed by atoms with Crippen LogP contribution in [-0.2, 0) is 0 Å². The Morgan fingerprint density at radius 3 is 2.90 bits per heavy atom. The summed E-state index contributed by atoms with van der Waals surface area (Å²) in [5.74, 6) is 0.231. The first-order valence-electron chi connectivity index (χ1n) is 5.80. The van der Waals surface area contributed by atoms with Crippen LogP contribution in [0.15, 0.2) is 36.8 Å². The Labute approximate surface area is 113 Å². The smallest absolute Gasteiger partial charge is 0.311 e. The first-order valence-corrected chi connectivity index (χ1v) is 5.80. The van der Waals surface area contributed by atoms with Crippen molar-refractivity contribution in [3.63, 3.8) is 0 Å². The lowest BCUT2D eigenvalue weighted by molar-refractivity contribution is -0.385. The fourth-order valence-corrected chi connectivity index (χ4v) is 2.03. The number of H-pyrrole nitrogens is 1. The van der Waals surface area contributed by atoms with Gasteiger partial charge in [-0.2, -0.15) is 0 Å². The molecule has 0 spiro atoms. The van der Waals surface area contributed by atoms with E-state index in [1.807, 2.05) is 6.07 Å². The number of hydrogen-bond acceptors (Lipinski definition) is 5. The SMILES string of the molecule is COc1ccc(-c2cc3cncnc3[nH]2)cc1[N+](=O)[O-]. The van der Waals surface area contributed by atoms with Crippen LogP contribution in [0.5, 0.6) is 5.75 Å². The van der Waals surface area contributed by atoms with Crippen molar-refractivity contribution in [3.8, 4) is 17.0 Å². The predicted octanol–water partition coefficient (Wildman–Crippen LogP) is 2.54. The van der Waals surface area contributed by atoms with Gasteiger partial charge in [-0.1, -0.05) is 0 Å². The monoisotopic (exact) mass is 270 g/mol. The van der Waals surface area contributed by atoms with Gasteiger partial charge in [0.2, 0.25) is 0 Å². The van der Waals surface area contributed by atoms with E-state index in [-0.39, 0.29) is 11.4 Å². The molecule has 1 aromatic carbocycles. The number of methoxy groups -OCH3 is 1. The van der Waals surface area contributed by atoms with Gasteiger partial charge in [0.05, 0.1) is 12.0 Å². The second-order valence-corrected chi connectivity index (χ2v) is 4.15. The molecule has 0 saturated carbocycles. The summed E-state index contributed by atoms with van der Waals surface area (Å²) < 4.78 is 4.98. The van der Waals surface area contributed by atoms with Gasteiger partial charge in [-0.25, -0.2) is 9.97 Å². The third-order valence-electron chi connectivity index (χ3n) is 2.98. The summed E-state index contributed by atoms with van der Waals surface area (Å²) in [5.41, 5.74) is 2.05. The molecule has 1 N–H and O–H groups in total. The van der Waals surface area contributed by atoms with Crippen LogP contribution in [0, 0.1) is 10.1 Å². The van der Waals surface area contributed by atoms with Crippen LogP contribution in [0.25, 0.3) is 22.3 Å². The quantitative estimate of drug-likeness (QED) is 0.583. The maximum atomic E-state index is 11.0. The van der Waals surface area contributed by atoms with Crippen LogP contribution in [-0.4, -0.2) is 27.0 Å². The zero-order valence-corrected chi connectivity index (χ0v) is 10.5. The van der Waals surface area contributed by atoms with Gasteiger partial charge in [0.1, 0.15) is 12.0 Å². The minimum atomic E-state index is -0.467. The first-order chi connectivity index (χ1) is 9.69. The Kier molecular flexibility index (Phi) is 2.79. The van der Waals surface area contributed by atoms with Gasteiger partial charge in [-0.05, 0) is 18.2 Å². The molecule has 20 heavy (non-hydrogen) atoms. The van der Waals surface area contributed by atoms with Crippen molar-refractivity contribution in [3.05, 3.63) is 46.9 Å². The van der Waals surface area contributed by atoms with Crippen LogP contribution in [0.4, 0.5) is 5.69 Å². The molecule has 0 saturated heterocycles. The van der Waals surface area contributed by atoms with Gasteiger partial charge in [0.25, 0.3) is 0 Å². The summed E-state index contributed by atoms with van der Waals surface area (Å²) in [6, 6.07) is 6.65. The zero-order valence-electron chi connectivity index (χ0n) is 10.5. The lowest BCUT2D eigenvalue weighted by Gasteiger charge is -2.03. The number of aromatic nitrogens is 3. The largest absolute Gasteiger partial charge is 0.490 e. The number of nitro groups is 1. The molecule has 0 bridgehead atoms. The van der Waals surface area contributed by atoms with E-state index in [0.717, 1.165) is 11.1 Å². The summed E-state index contributed by atoms with van der Waals surface area (Å²) in [5, 5.41) is 11.9. The van der Waals surface area contributed by atoms with Crippen LogP contribution in [0.1, 0.15) is 0 Å². The molecule has 0 aliphatic heterocycles. The van der Waals surface area contributed by atoms with Crippen LogP contribution >= 0.6 is 0 Å². The number of nitro benzene ring substituents is 1. The van der Waals surface area contributed by atoms with Gasteiger partial charge >= 0.3 is 5.69 Å². The van der Waals surface area contributed by atoms with E-state index in [0.29, 0.717) is 11.2 Å². The number of hydrogen-bond donors (Lipinski definition) is 1. The molecule has 0 amide bonds. The second-order valence-electron chi connectivity index (χ2n) is 4.15. The van der Waals surface area contributed by atoms with E-state index in [4.69, 9.17) is 4.74 Å². The minimum Gasteiger partial charge on any atom is -0.490 e. The fourth-order valence-electron chi connectivity index (χ4n) is 2.03. The van der Waals surface area contributed by atoms with Crippen LogP contribution < -0.4 is 4.74 Å². The molecule has 2 heterocycles. The molecule has 3 rings (SSSR count). The third-order valence-corrected chi connectivity index (χ3v) is 2.98. The number of rotatable bonds is 3. The number of ether oxygens (including phenoxy) is 1. The summed E-state index contributed by atoms with van der Waals surface area (Å²) in [4.78, 5) is 21.7. The van der Waals surface area contributed by atoms with Crippen molar-refractivity contribution in [2.24, 2.45) is 0 Å². The standard InChI is InChI=1S/C13H10N4O3/c1-20-12-3-2-8(5-11(12)17(18)19)10-4-9-6-14-7-15-13(9)16-10/h2-7H,1H3,(H,14,15,16). The predicted molar refractivity (Wildman–Crippen MR) is 72.5 cm³/mol. The lowest BCUT2D eigenvalue weighted by Crippen LogP contribution is -1.94. The molecule has 2 aromatic heterocycles. The molecule has 100 valence electrons. The molecule has 0 aliphatic rings. The minimum absolute atomic E-state index is 0.0743. The van der Waals surface area contributed by atoms with Gasteiger partial charge in [-0.3, -0.25) is 10.1 Å². The van der Waals surface area contributed by atoms with Gasteiger partial charge in [-0.15, -0.1) is 0 Å². The molecule has 0 unspecified atom stereocenters. The highest BCUT2D eigenvalue weighted by atomic mass is 16.6. The Morgan fingerprint density at radius 2 is 2.20 bits per heavy atom. The first kappa shape index (κ1) is 12.1. The number of nitrogens with one attached hydrogen (secondary N) is 1. The van der Waals surface area contributed by atoms with Crippen molar-refractivity contribution in [2.45, 2.75) is 0 Å². The second kappa shape index (κ2) is 4.61. The Bertz CT molecular complexity index is 764. The maximum Gasteiger partial charge on any atom is 0.311 e. The summed E-state index contributed by atoms with van der Waals surface area (Å²) >= 11 is 0. The summed E-state index contributed by atoms with van der Waals surface area (Å²) in [6.07, 6.45) is 3.12. The molecule has 7 nitrogen and oxygen atoms in total. The van der Waals surface area contributed by atoms with E-state index in [1.165, 1.54) is 19.5 Å². The summed E-state index contributed by atoms with van der Waals surface area (Å²) in [7, 11) is 1.40. The van der Waals surface area contributed by atoms with E-state index in [9.17, 15) is 10.1 Å². The van der Waals surface area contributed by atoms with Crippen molar-refractivity contribution < 1.29 is 9.66 Å². The Morgan fingerprint density at radius 1 is 1.35 bits per heavy atom. The Balaban J connectivity index is 2.14. The van der Waals surface area contributed by atoms with Crippen molar-refractivity contribution >= 4 is 16.7 Å². The fraction of sp³-hybridized carbons (Fsp3) is 0.0769. The molecule has 0 atom stereocenters. The summed E-state index contributed by atoms with van der Waals surface area (Å²) in [6.45, 7) is 0. The average molecular weight is 270 g/mol. The van der Waals surface area contributed by atoms with E-state index in [1.54, 1.807) is 18.3 Å². The van der Waals surface area contributed by atoms with E-state index in [2.05, 4.69) is 15.0 Å². The molecule has 7 heteroatoms. The highest BCUT2D eigenvalue weighted by Crippen LogP contribution is 2.32. The number of benzene rings is 1. The van der Waals surface area contributed by atoms with Crippen molar-refractivity contribution in [2.75, 3.05) is 7.11 Å². The maximum absolute atomic E-state index is 11.0. The molecular weight excluding hydrogens is 260 g/mol. The number of aromatic amines is 1. The van der Waals surface area contributed by atoms with Gasteiger partial charge in [0.15, 0.2) is 5.75 Å². The molecular formula is C13H10N4O3. The Hall–Kier alpha value is -2.96. The topological polar surface area (TPSA) is 93.9 Å².